The fourth-order valence-corrected chi connectivity index (χ4v) is 3.53. The van der Waals surface area contributed by atoms with Gasteiger partial charge in [0.2, 0.25) is 0 Å². The number of oxazole rings is 1. The Morgan fingerprint density at radius 1 is 1.26 bits per heavy atom. The molecule has 1 aromatic carbocycles. The first-order valence-electron chi connectivity index (χ1n) is 10.8. The SMILES string of the molecule is CCOC(=O)[C@H]1CN(C(=O)OC(C)(C)C)CC[C@@H]1NC(=O)c1ncc(-c2ccc(F)cc2F)o1. The van der Waals surface area contributed by atoms with Gasteiger partial charge < -0.3 is 24.1 Å². The highest BCUT2D eigenvalue weighted by atomic mass is 19.1. The molecule has 1 aromatic heterocycles. The van der Waals surface area contributed by atoms with Gasteiger partial charge in [-0.2, -0.15) is 0 Å². The molecule has 3 rings (SSSR count). The third kappa shape index (κ3) is 6.09. The lowest BCUT2D eigenvalue weighted by molar-refractivity contribution is -0.150. The Kier molecular flexibility index (Phi) is 7.53. The van der Waals surface area contributed by atoms with Crippen LogP contribution < -0.4 is 5.32 Å². The summed E-state index contributed by atoms with van der Waals surface area (Å²) in [5, 5.41) is 2.69. The molecule has 184 valence electrons. The first kappa shape index (κ1) is 25.1. The monoisotopic (exact) mass is 479 g/mol. The van der Waals surface area contributed by atoms with Crippen molar-refractivity contribution in [2.24, 2.45) is 5.92 Å². The van der Waals surface area contributed by atoms with Crippen LogP contribution in [-0.2, 0) is 14.3 Å². The number of halogens is 2. The highest BCUT2D eigenvalue weighted by Gasteiger charge is 2.39. The zero-order chi connectivity index (χ0) is 25.0. The quantitative estimate of drug-likeness (QED) is 0.653. The van der Waals surface area contributed by atoms with Crippen molar-refractivity contribution >= 4 is 18.0 Å². The largest absolute Gasteiger partial charge is 0.466 e. The van der Waals surface area contributed by atoms with E-state index in [0.717, 1.165) is 12.3 Å². The molecular formula is C23H27F2N3O6. The van der Waals surface area contributed by atoms with E-state index >= 15 is 0 Å². The van der Waals surface area contributed by atoms with Gasteiger partial charge in [0.15, 0.2) is 5.76 Å². The molecule has 0 unspecified atom stereocenters. The third-order valence-corrected chi connectivity index (χ3v) is 5.07. The normalized spacial score (nSPS) is 18.4. The maximum Gasteiger partial charge on any atom is 0.410 e. The molecule has 2 amide bonds. The van der Waals surface area contributed by atoms with E-state index in [4.69, 9.17) is 13.9 Å². The van der Waals surface area contributed by atoms with E-state index in [9.17, 15) is 23.2 Å². The third-order valence-electron chi connectivity index (χ3n) is 5.07. The molecule has 2 heterocycles. The summed E-state index contributed by atoms with van der Waals surface area (Å²) in [6, 6.07) is 2.27. The highest BCUT2D eigenvalue weighted by molar-refractivity contribution is 5.91. The number of piperidine rings is 1. The Morgan fingerprint density at radius 2 is 2.00 bits per heavy atom. The zero-order valence-corrected chi connectivity index (χ0v) is 19.4. The summed E-state index contributed by atoms with van der Waals surface area (Å²) in [7, 11) is 0. The summed E-state index contributed by atoms with van der Waals surface area (Å²) in [6.45, 7) is 7.25. The van der Waals surface area contributed by atoms with Crippen LogP contribution in [0.3, 0.4) is 0 Å². The fraction of sp³-hybridized carbons (Fsp3) is 0.478. The molecule has 0 bridgehead atoms. The number of ether oxygens (including phenoxy) is 2. The van der Waals surface area contributed by atoms with Gasteiger partial charge in [-0.15, -0.1) is 0 Å². The lowest BCUT2D eigenvalue weighted by Crippen LogP contribution is -2.55. The van der Waals surface area contributed by atoms with E-state index in [-0.39, 0.29) is 43.3 Å². The highest BCUT2D eigenvalue weighted by Crippen LogP contribution is 2.25. The van der Waals surface area contributed by atoms with E-state index in [1.165, 1.54) is 11.0 Å². The summed E-state index contributed by atoms with van der Waals surface area (Å²) in [5.74, 6) is -4.14. The molecule has 11 heteroatoms. The Hall–Kier alpha value is -3.50. The Balaban J connectivity index is 1.73. The van der Waals surface area contributed by atoms with Crippen LogP contribution in [0.15, 0.2) is 28.8 Å². The maximum atomic E-state index is 14.0. The van der Waals surface area contributed by atoms with Gasteiger partial charge in [0.05, 0.1) is 24.3 Å². The van der Waals surface area contributed by atoms with E-state index in [1.54, 1.807) is 27.7 Å². The Bertz CT molecular complexity index is 1070. The summed E-state index contributed by atoms with van der Waals surface area (Å²) < 4.78 is 43.0. The predicted octanol–water partition coefficient (Wildman–Crippen LogP) is 3.54. The van der Waals surface area contributed by atoms with Gasteiger partial charge in [-0.05, 0) is 46.2 Å². The lowest BCUT2D eigenvalue weighted by Gasteiger charge is -2.37. The molecule has 0 saturated carbocycles. The van der Waals surface area contributed by atoms with Gasteiger partial charge in [-0.3, -0.25) is 9.59 Å². The van der Waals surface area contributed by atoms with Crippen LogP contribution in [0.5, 0.6) is 0 Å². The molecule has 1 aliphatic rings. The van der Waals surface area contributed by atoms with E-state index in [1.807, 2.05) is 0 Å². The minimum Gasteiger partial charge on any atom is -0.466 e. The Morgan fingerprint density at radius 3 is 2.65 bits per heavy atom. The maximum absolute atomic E-state index is 14.0. The Labute approximate surface area is 195 Å². The number of hydrogen-bond acceptors (Lipinski definition) is 7. The molecule has 0 radical (unpaired) electrons. The van der Waals surface area contributed by atoms with Crippen LogP contribution in [0, 0.1) is 17.6 Å². The van der Waals surface area contributed by atoms with Crippen LogP contribution in [0.2, 0.25) is 0 Å². The topological polar surface area (TPSA) is 111 Å². The van der Waals surface area contributed by atoms with Crippen LogP contribution in [0.25, 0.3) is 11.3 Å². The molecule has 34 heavy (non-hydrogen) atoms. The average molecular weight is 479 g/mol. The van der Waals surface area contributed by atoms with Crippen LogP contribution in [0.1, 0.15) is 44.8 Å². The number of rotatable bonds is 5. The van der Waals surface area contributed by atoms with Crippen molar-refractivity contribution in [1.29, 1.82) is 0 Å². The summed E-state index contributed by atoms with van der Waals surface area (Å²) in [6.07, 6.45) is 0.846. The number of hydrogen-bond donors (Lipinski definition) is 1. The minimum atomic E-state index is -0.861. The van der Waals surface area contributed by atoms with Gasteiger partial charge in [-0.1, -0.05) is 0 Å². The number of aromatic nitrogens is 1. The zero-order valence-electron chi connectivity index (χ0n) is 19.4. The lowest BCUT2D eigenvalue weighted by atomic mass is 9.92. The van der Waals surface area contributed by atoms with Crippen molar-refractivity contribution in [3.63, 3.8) is 0 Å². The van der Waals surface area contributed by atoms with Crippen LogP contribution in [0.4, 0.5) is 13.6 Å². The molecule has 9 nitrogen and oxygen atoms in total. The van der Waals surface area contributed by atoms with Crippen molar-refractivity contribution in [2.45, 2.75) is 45.8 Å². The number of likely N-dealkylation sites (tertiary alicyclic amines) is 1. The van der Waals surface area contributed by atoms with Gasteiger partial charge >= 0.3 is 18.0 Å². The van der Waals surface area contributed by atoms with E-state index in [2.05, 4.69) is 10.3 Å². The molecule has 1 saturated heterocycles. The smallest absolute Gasteiger partial charge is 0.410 e. The van der Waals surface area contributed by atoms with Crippen molar-refractivity contribution in [3.05, 3.63) is 41.9 Å². The number of carbonyl (C=O) groups excluding carboxylic acids is 3. The van der Waals surface area contributed by atoms with E-state index < -0.39 is 47.2 Å². The summed E-state index contributed by atoms with van der Waals surface area (Å²) >= 11 is 0. The first-order chi connectivity index (χ1) is 16.0. The van der Waals surface area contributed by atoms with Crippen molar-refractivity contribution in [3.8, 4) is 11.3 Å². The summed E-state index contributed by atoms with van der Waals surface area (Å²) in [4.78, 5) is 43.0. The number of esters is 1. The molecular weight excluding hydrogens is 452 g/mol. The fourth-order valence-electron chi connectivity index (χ4n) is 3.53. The van der Waals surface area contributed by atoms with Crippen LogP contribution in [-0.4, -0.2) is 59.2 Å². The van der Waals surface area contributed by atoms with Crippen LogP contribution >= 0.6 is 0 Å². The predicted molar refractivity (Wildman–Crippen MR) is 116 cm³/mol. The molecule has 2 atom stereocenters. The number of carbonyl (C=O) groups is 3. The molecule has 1 N–H and O–H groups in total. The van der Waals surface area contributed by atoms with Crippen molar-refractivity contribution in [2.75, 3.05) is 19.7 Å². The second-order valence-electron chi connectivity index (χ2n) is 8.81. The standard InChI is InChI=1S/C23H27F2N3O6/c1-5-32-21(30)15-12-28(22(31)34-23(2,3)4)9-8-17(15)27-19(29)20-26-11-18(33-20)14-7-6-13(24)10-16(14)25/h6-7,10-11,15,17H,5,8-9,12H2,1-4H3,(H,27,29)/t15-,17-/m0/s1. The number of benzene rings is 1. The minimum absolute atomic E-state index is 0.00365. The van der Waals surface area contributed by atoms with Gasteiger partial charge in [0.25, 0.3) is 5.89 Å². The second-order valence-corrected chi connectivity index (χ2v) is 8.81. The molecule has 1 fully saturated rings. The summed E-state index contributed by atoms with van der Waals surface area (Å²) in [5.41, 5.74) is -0.753. The van der Waals surface area contributed by atoms with Gasteiger partial charge in [0, 0.05) is 25.2 Å². The number of nitrogens with one attached hydrogen (secondary N) is 1. The van der Waals surface area contributed by atoms with Gasteiger partial charge in [-0.25, -0.2) is 18.6 Å². The molecule has 0 spiro atoms. The van der Waals surface area contributed by atoms with E-state index in [0.29, 0.717) is 6.07 Å². The number of nitrogens with zero attached hydrogens (tertiary/aromatic N) is 2. The number of amides is 2. The molecule has 2 aromatic rings. The second kappa shape index (κ2) is 10.2. The molecule has 1 aliphatic heterocycles. The van der Waals surface area contributed by atoms with Crippen molar-refractivity contribution < 1.29 is 37.1 Å². The van der Waals surface area contributed by atoms with Crippen molar-refractivity contribution in [1.82, 2.24) is 15.2 Å². The average Bonchev–Trinajstić information content (AvgIpc) is 3.23. The van der Waals surface area contributed by atoms with Gasteiger partial charge in [0.1, 0.15) is 17.2 Å². The molecule has 0 aliphatic carbocycles. The first-order valence-corrected chi connectivity index (χ1v) is 10.8.